The molecular formula is C23H27ClN2O5S. The van der Waals surface area contributed by atoms with E-state index in [1.807, 2.05) is 6.92 Å². The van der Waals surface area contributed by atoms with Gasteiger partial charge in [0.05, 0.1) is 10.6 Å². The lowest BCUT2D eigenvalue weighted by Crippen LogP contribution is -2.39. The number of hydrogen-bond donors (Lipinski definition) is 0. The molecule has 0 bridgehead atoms. The highest BCUT2D eigenvalue weighted by Gasteiger charge is 2.32. The fraction of sp³-hybridized carbons (Fsp3) is 0.391. The quantitative estimate of drug-likeness (QED) is 0.590. The summed E-state index contributed by atoms with van der Waals surface area (Å²) in [7, 11) is -0.737. The highest BCUT2D eigenvalue weighted by atomic mass is 35.5. The van der Waals surface area contributed by atoms with Crippen molar-refractivity contribution in [2.24, 2.45) is 5.92 Å². The molecule has 0 N–H and O–H groups in total. The first-order valence-electron chi connectivity index (χ1n) is 10.4. The smallest absolute Gasteiger partial charge is 0.339 e. The molecule has 1 saturated heterocycles. The third-order valence-electron chi connectivity index (χ3n) is 5.40. The molecule has 1 heterocycles. The second kappa shape index (κ2) is 10.0. The Labute approximate surface area is 194 Å². The zero-order valence-corrected chi connectivity index (χ0v) is 19.9. The van der Waals surface area contributed by atoms with Gasteiger partial charge in [-0.1, -0.05) is 48.9 Å². The minimum Gasteiger partial charge on any atom is -0.444 e. The number of nitrogens with zero attached hydrogens (tertiary/aromatic N) is 2. The van der Waals surface area contributed by atoms with Crippen molar-refractivity contribution in [3.05, 3.63) is 64.7 Å². The molecule has 32 heavy (non-hydrogen) atoms. The first kappa shape index (κ1) is 24.2. The number of carbonyl (C=O) groups excluding carboxylic acids is 2. The molecule has 7 nitrogen and oxygen atoms in total. The molecule has 1 aliphatic heterocycles. The predicted octanol–water partition coefficient (Wildman–Crippen LogP) is 3.75. The number of benzene rings is 2. The molecule has 0 aromatic heterocycles. The van der Waals surface area contributed by atoms with E-state index in [-0.39, 0.29) is 21.4 Å². The van der Waals surface area contributed by atoms with Crippen molar-refractivity contribution in [1.82, 2.24) is 9.21 Å². The number of hydrogen-bond acceptors (Lipinski definition) is 5. The average Bonchev–Trinajstić information content (AvgIpc) is 2.77. The molecular weight excluding hydrogens is 452 g/mol. The first-order chi connectivity index (χ1) is 15.1. The Bertz CT molecular complexity index is 1090. The predicted molar refractivity (Wildman–Crippen MR) is 122 cm³/mol. The number of carbonyl (C=O) groups is 2. The van der Waals surface area contributed by atoms with E-state index in [1.165, 1.54) is 27.4 Å². The van der Waals surface area contributed by atoms with Gasteiger partial charge < -0.3 is 9.64 Å². The molecule has 172 valence electrons. The van der Waals surface area contributed by atoms with Gasteiger partial charge >= 0.3 is 5.97 Å². The third kappa shape index (κ3) is 5.31. The standard InChI is InChI=1S/C23H27ClN2O5S/c1-16-8-7-13-26(15-16)32(29,30)20-14-18(11-12-19(20)24)23(28)31-21(22(27)25(2)3)17-9-5-4-6-10-17/h4-6,9-12,14,16,21H,7-8,13,15H2,1-3H3. The minimum absolute atomic E-state index is 0.00511. The van der Waals surface area contributed by atoms with Crippen molar-refractivity contribution in [3.8, 4) is 0 Å². The monoisotopic (exact) mass is 478 g/mol. The maximum absolute atomic E-state index is 13.2. The van der Waals surface area contributed by atoms with Gasteiger partial charge in [-0.25, -0.2) is 13.2 Å². The van der Waals surface area contributed by atoms with E-state index in [4.69, 9.17) is 16.3 Å². The summed E-state index contributed by atoms with van der Waals surface area (Å²) in [4.78, 5) is 26.8. The number of ether oxygens (including phenoxy) is 1. The Balaban J connectivity index is 1.91. The van der Waals surface area contributed by atoms with Gasteiger partial charge in [0.15, 0.2) is 0 Å². The number of esters is 1. The number of likely N-dealkylation sites (N-methyl/N-ethyl adjacent to an activating group) is 1. The number of piperidine rings is 1. The summed E-state index contributed by atoms with van der Waals surface area (Å²) in [5.41, 5.74) is 0.522. The van der Waals surface area contributed by atoms with Crippen LogP contribution in [0.5, 0.6) is 0 Å². The van der Waals surface area contributed by atoms with E-state index in [9.17, 15) is 18.0 Å². The van der Waals surface area contributed by atoms with E-state index in [0.29, 0.717) is 18.7 Å². The lowest BCUT2D eigenvalue weighted by molar-refractivity contribution is -0.138. The van der Waals surface area contributed by atoms with E-state index >= 15 is 0 Å². The third-order valence-corrected chi connectivity index (χ3v) is 7.74. The highest BCUT2D eigenvalue weighted by Crippen LogP contribution is 2.30. The van der Waals surface area contributed by atoms with E-state index in [1.54, 1.807) is 44.4 Å². The van der Waals surface area contributed by atoms with Gasteiger partial charge in [0.25, 0.3) is 5.91 Å². The zero-order valence-electron chi connectivity index (χ0n) is 18.3. The lowest BCUT2D eigenvalue weighted by atomic mass is 10.0. The second-order valence-electron chi connectivity index (χ2n) is 8.18. The maximum Gasteiger partial charge on any atom is 0.339 e. The summed E-state index contributed by atoms with van der Waals surface area (Å²) in [6.45, 7) is 2.81. The van der Waals surface area contributed by atoms with Crippen molar-refractivity contribution >= 4 is 33.5 Å². The van der Waals surface area contributed by atoms with Gasteiger partial charge in [-0.2, -0.15) is 4.31 Å². The topological polar surface area (TPSA) is 84.0 Å². The fourth-order valence-electron chi connectivity index (χ4n) is 3.63. The van der Waals surface area contributed by atoms with Crippen LogP contribution in [0.4, 0.5) is 0 Å². The molecule has 0 aliphatic carbocycles. The number of sulfonamides is 1. The van der Waals surface area contributed by atoms with Crippen LogP contribution in [0.25, 0.3) is 0 Å². The second-order valence-corrected chi connectivity index (χ2v) is 10.5. The van der Waals surface area contributed by atoms with Gasteiger partial charge in [0, 0.05) is 32.7 Å². The maximum atomic E-state index is 13.2. The Morgan fingerprint density at radius 1 is 1.16 bits per heavy atom. The van der Waals surface area contributed by atoms with Gasteiger partial charge in [-0.05, 0) is 37.0 Å². The van der Waals surface area contributed by atoms with Gasteiger partial charge in [-0.15, -0.1) is 0 Å². The van der Waals surface area contributed by atoms with Gasteiger partial charge in [0.2, 0.25) is 16.1 Å². The van der Waals surface area contributed by atoms with Gasteiger partial charge in [0.1, 0.15) is 4.90 Å². The van der Waals surface area contributed by atoms with Crippen LogP contribution >= 0.6 is 11.6 Å². The summed E-state index contributed by atoms with van der Waals surface area (Å²) >= 11 is 6.22. The molecule has 2 aromatic rings. The molecule has 2 unspecified atom stereocenters. The van der Waals surface area contributed by atoms with Crippen LogP contribution < -0.4 is 0 Å². The molecule has 3 rings (SSSR count). The van der Waals surface area contributed by atoms with E-state index in [2.05, 4.69) is 0 Å². The number of rotatable bonds is 6. The Morgan fingerprint density at radius 2 is 1.84 bits per heavy atom. The van der Waals surface area contributed by atoms with Crippen molar-refractivity contribution in [3.63, 3.8) is 0 Å². The first-order valence-corrected chi connectivity index (χ1v) is 12.2. The Hall–Kier alpha value is -2.42. The summed E-state index contributed by atoms with van der Waals surface area (Å²) in [6.07, 6.45) is 0.579. The molecule has 0 saturated carbocycles. The molecule has 1 amide bonds. The average molecular weight is 479 g/mol. The normalized spacial score (nSPS) is 18.1. The van der Waals surface area contributed by atoms with Crippen LogP contribution in [0.3, 0.4) is 0 Å². The number of halogens is 1. The molecule has 0 radical (unpaired) electrons. The van der Waals surface area contributed by atoms with Crippen LogP contribution in [0, 0.1) is 5.92 Å². The van der Waals surface area contributed by atoms with E-state index < -0.39 is 28.0 Å². The van der Waals surface area contributed by atoms with E-state index in [0.717, 1.165) is 12.8 Å². The van der Waals surface area contributed by atoms with Crippen molar-refractivity contribution in [1.29, 1.82) is 0 Å². The van der Waals surface area contributed by atoms with Crippen LogP contribution in [-0.4, -0.2) is 56.7 Å². The summed E-state index contributed by atoms with van der Waals surface area (Å²) in [5.74, 6) is -0.975. The largest absolute Gasteiger partial charge is 0.444 e. The molecule has 1 fully saturated rings. The van der Waals surface area contributed by atoms with Crippen LogP contribution in [0.1, 0.15) is 41.8 Å². The van der Waals surface area contributed by atoms with Crippen molar-refractivity contribution < 1.29 is 22.7 Å². The SMILES string of the molecule is CC1CCCN(S(=O)(=O)c2cc(C(=O)OC(C(=O)N(C)C)c3ccccc3)ccc2Cl)C1. The lowest BCUT2D eigenvalue weighted by Gasteiger charge is -2.30. The number of amides is 1. The zero-order chi connectivity index (χ0) is 23.5. The van der Waals surface area contributed by atoms with Crippen LogP contribution in [0.15, 0.2) is 53.4 Å². The van der Waals surface area contributed by atoms with Gasteiger partial charge in [-0.3, -0.25) is 4.79 Å². The van der Waals surface area contributed by atoms with Crippen LogP contribution in [-0.2, 0) is 19.6 Å². The minimum atomic E-state index is -3.87. The molecule has 2 aromatic carbocycles. The summed E-state index contributed by atoms with van der Waals surface area (Å²) in [6, 6.07) is 12.6. The summed E-state index contributed by atoms with van der Waals surface area (Å²) < 4.78 is 33.3. The Kier molecular flexibility index (Phi) is 7.59. The highest BCUT2D eigenvalue weighted by molar-refractivity contribution is 7.89. The molecule has 9 heteroatoms. The van der Waals surface area contributed by atoms with Crippen molar-refractivity contribution in [2.45, 2.75) is 30.8 Å². The summed E-state index contributed by atoms with van der Waals surface area (Å²) in [5, 5.41) is 0.0313. The van der Waals surface area contributed by atoms with Crippen LogP contribution in [0.2, 0.25) is 5.02 Å². The Morgan fingerprint density at radius 3 is 2.47 bits per heavy atom. The molecule has 2 atom stereocenters. The van der Waals surface area contributed by atoms with Crippen molar-refractivity contribution in [2.75, 3.05) is 27.2 Å². The molecule has 0 spiro atoms. The fourth-order valence-corrected chi connectivity index (χ4v) is 5.73. The molecule has 1 aliphatic rings.